The van der Waals surface area contributed by atoms with Gasteiger partial charge >= 0.3 is 0 Å². The summed E-state index contributed by atoms with van der Waals surface area (Å²) in [4.78, 5) is 0. The molecule has 0 saturated carbocycles. The summed E-state index contributed by atoms with van der Waals surface area (Å²) < 4.78 is 13.7. The van der Waals surface area contributed by atoms with Crippen molar-refractivity contribution in [3.63, 3.8) is 0 Å². The Bertz CT molecular complexity index is 564. The molecule has 2 aromatic rings. The molecule has 0 aliphatic rings. The maximum atomic E-state index is 13.7. The van der Waals surface area contributed by atoms with Gasteiger partial charge < -0.3 is 5.32 Å². The molecule has 0 aliphatic carbocycles. The van der Waals surface area contributed by atoms with Crippen LogP contribution in [0.2, 0.25) is 10.0 Å². The van der Waals surface area contributed by atoms with Crippen LogP contribution >= 0.6 is 23.2 Å². The van der Waals surface area contributed by atoms with Crippen LogP contribution in [0.5, 0.6) is 0 Å². The number of hydrogen-bond acceptors (Lipinski definition) is 1. The number of benzene rings is 2. The van der Waals surface area contributed by atoms with E-state index in [9.17, 15) is 4.39 Å². The van der Waals surface area contributed by atoms with Gasteiger partial charge in [-0.1, -0.05) is 36.2 Å². The Morgan fingerprint density at radius 3 is 2.32 bits per heavy atom. The second-order valence-corrected chi connectivity index (χ2v) is 5.12. The Morgan fingerprint density at radius 1 is 1.00 bits per heavy atom. The number of rotatable bonds is 4. The first-order valence-electron chi connectivity index (χ1n) is 6.05. The van der Waals surface area contributed by atoms with Gasteiger partial charge in [0, 0.05) is 22.2 Å². The van der Waals surface area contributed by atoms with Gasteiger partial charge in [-0.25, -0.2) is 4.39 Å². The van der Waals surface area contributed by atoms with Crippen molar-refractivity contribution < 1.29 is 4.39 Å². The van der Waals surface area contributed by atoms with Crippen molar-refractivity contribution in [2.75, 3.05) is 6.54 Å². The molecule has 1 nitrogen and oxygen atoms in total. The summed E-state index contributed by atoms with van der Waals surface area (Å²) in [6, 6.07) is 10.3. The van der Waals surface area contributed by atoms with Crippen LogP contribution in [-0.4, -0.2) is 6.54 Å². The van der Waals surface area contributed by atoms with Crippen LogP contribution < -0.4 is 5.32 Å². The topological polar surface area (TPSA) is 12.0 Å². The molecule has 0 unspecified atom stereocenters. The van der Waals surface area contributed by atoms with Gasteiger partial charge in [-0.2, -0.15) is 0 Å². The minimum absolute atomic E-state index is 0.210. The first-order valence-corrected chi connectivity index (χ1v) is 6.81. The molecule has 0 amide bonds. The van der Waals surface area contributed by atoms with E-state index in [-0.39, 0.29) is 5.82 Å². The zero-order valence-electron chi connectivity index (χ0n) is 10.5. The first-order chi connectivity index (χ1) is 9.10. The molecular weight excluding hydrogens is 284 g/mol. The number of nitrogens with one attached hydrogen (secondary N) is 1. The third kappa shape index (κ3) is 3.69. The van der Waals surface area contributed by atoms with E-state index in [0.717, 1.165) is 17.7 Å². The van der Waals surface area contributed by atoms with Crippen LogP contribution in [0, 0.1) is 5.82 Å². The second-order valence-electron chi connectivity index (χ2n) is 4.24. The molecule has 0 spiro atoms. The summed E-state index contributed by atoms with van der Waals surface area (Å²) in [6.07, 6.45) is 0. The monoisotopic (exact) mass is 297 g/mol. The number of halogens is 3. The summed E-state index contributed by atoms with van der Waals surface area (Å²) in [5, 5.41) is 4.25. The van der Waals surface area contributed by atoms with Crippen molar-refractivity contribution in [2.24, 2.45) is 0 Å². The van der Waals surface area contributed by atoms with Gasteiger partial charge in [0.2, 0.25) is 0 Å². The van der Waals surface area contributed by atoms with Crippen LogP contribution in [0.25, 0.3) is 11.1 Å². The lowest BCUT2D eigenvalue weighted by atomic mass is 10.0. The van der Waals surface area contributed by atoms with Crippen molar-refractivity contribution in [3.8, 4) is 11.1 Å². The van der Waals surface area contributed by atoms with E-state index < -0.39 is 0 Å². The molecule has 100 valence electrons. The van der Waals surface area contributed by atoms with Gasteiger partial charge in [-0.3, -0.25) is 0 Å². The van der Waals surface area contributed by atoms with Gasteiger partial charge in [0.25, 0.3) is 0 Å². The highest BCUT2D eigenvalue weighted by atomic mass is 35.5. The first kappa shape index (κ1) is 14.3. The predicted octanol–water partition coefficient (Wildman–Crippen LogP) is 4.91. The summed E-state index contributed by atoms with van der Waals surface area (Å²) >= 11 is 12.0. The minimum Gasteiger partial charge on any atom is -0.313 e. The average molecular weight is 298 g/mol. The van der Waals surface area contributed by atoms with Crippen LogP contribution in [0.3, 0.4) is 0 Å². The fourth-order valence-corrected chi connectivity index (χ4v) is 2.40. The predicted molar refractivity (Wildman–Crippen MR) is 79.2 cm³/mol. The second kappa shape index (κ2) is 6.38. The Labute approximate surface area is 122 Å². The van der Waals surface area contributed by atoms with E-state index in [0.29, 0.717) is 22.2 Å². The third-order valence-corrected chi connectivity index (χ3v) is 3.24. The van der Waals surface area contributed by atoms with Gasteiger partial charge in [0.1, 0.15) is 5.82 Å². The van der Waals surface area contributed by atoms with Gasteiger partial charge in [0.05, 0.1) is 0 Å². The Hall–Kier alpha value is -1.09. The van der Waals surface area contributed by atoms with Crippen molar-refractivity contribution in [2.45, 2.75) is 13.5 Å². The lowest BCUT2D eigenvalue weighted by molar-refractivity contribution is 0.593. The Kier molecular flexibility index (Phi) is 4.81. The Balaban J connectivity index is 2.39. The molecule has 0 atom stereocenters. The van der Waals surface area contributed by atoms with Crippen molar-refractivity contribution in [1.82, 2.24) is 5.32 Å². The largest absolute Gasteiger partial charge is 0.313 e. The number of hydrogen-bond donors (Lipinski definition) is 1. The van der Waals surface area contributed by atoms with Crippen molar-refractivity contribution >= 4 is 23.2 Å². The van der Waals surface area contributed by atoms with E-state index in [1.807, 2.05) is 25.1 Å². The highest BCUT2D eigenvalue weighted by molar-refractivity contribution is 6.35. The molecule has 0 aromatic heterocycles. The lowest BCUT2D eigenvalue weighted by Crippen LogP contribution is -2.12. The minimum atomic E-state index is -0.210. The van der Waals surface area contributed by atoms with E-state index in [4.69, 9.17) is 23.2 Å². The lowest BCUT2D eigenvalue weighted by Gasteiger charge is -2.08. The summed E-state index contributed by atoms with van der Waals surface area (Å²) in [5.74, 6) is -0.210. The molecule has 4 heteroatoms. The molecule has 0 bridgehead atoms. The summed E-state index contributed by atoms with van der Waals surface area (Å²) in [6.45, 7) is 3.29. The molecule has 0 fully saturated rings. The fourth-order valence-electron chi connectivity index (χ4n) is 1.87. The Morgan fingerprint density at radius 2 is 1.68 bits per heavy atom. The van der Waals surface area contributed by atoms with E-state index in [2.05, 4.69) is 5.32 Å². The molecular formula is C15H14Cl2FN. The molecule has 0 saturated heterocycles. The standard InChI is InChI=1S/C15H14Cl2FN/c1-2-19-9-12-5-10(3-4-15(12)18)11-6-13(16)8-14(17)7-11/h3-8,19H,2,9H2,1H3. The van der Waals surface area contributed by atoms with Gasteiger partial charge in [0.15, 0.2) is 0 Å². The molecule has 0 aliphatic heterocycles. The molecule has 2 rings (SSSR count). The van der Waals surface area contributed by atoms with E-state index in [1.165, 1.54) is 6.07 Å². The molecule has 0 heterocycles. The van der Waals surface area contributed by atoms with Crippen molar-refractivity contribution in [1.29, 1.82) is 0 Å². The SMILES string of the molecule is CCNCc1cc(-c2cc(Cl)cc(Cl)c2)ccc1F. The highest BCUT2D eigenvalue weighted by Crippen LogP contribution is 2.28. The van der Waals surface area contributed by atoms with E-state index >= 15 is 0 Å². The van der Waals surface area contributed by atoms with Crippen LogP contribution in [0.1, 0.15) is 12.5 Å². The van der Waals surface area contributed by atoms with Crippen molar-refractivity contribution in [3.05, 3.63) is 57.8 Å². The average Bonchev–Trinajstić information content (AvgIpc) is 2.36. The van der Waals surface area contributed by atoms with E-state index in [1.54, 1.807) is 12.1 Å². The fraction of sp³-hybridized carbons (Fsp3) is 0.200. The molecule has 0 radical (unpaired) electrons. The zero-order valence-corrected chi connectivity index (χ0v) is 12.0. The normalized spacial score (nSPS) is 10.7. The maximum absolute atomic E-state index is 13.7. The summed E-state index contributed by atoms with van der Waals surface area (Å²) in [5.41, 5.74) is 2.42. The van der Waals surface area contributed by atoms with Gasteiger partial charge in [-0.05, 0) is 48.0 Å². The summed E-state index contributed by atoms with van der Waals surface area (Å²) in [7, 11) is 0. The zero-order chi connectivity index (χ0) is 13.8. The van der Waals surface area contributed by atoms with Crippen LogP contribution in [-0.2, 0) is 6.54 Å². The molecule has 19 heavy (non-hydrogen) atoms. The van der Waals surface area contributed by atoms with Crippen LogP contribution in [0.15, 0.2) is 36.4 Å². The smallest absolute Gasteiger partial charge is 0.127 e. The maximum Gasteiger partial charge on any atom is 0.127 e. The molecule has 1 N–H and O–H groups in total. The van der Waals surface area contributed by atoms with Crippen LogP contribution in [0.4, 0.5) is 4.39 Å². The quantitative estimate of drug-likeness (QED) is 0.845. The van der Waals surface area contributed by atoms with Gasteiger partial charge in [-0.15, -0.1) is 0 Å². The third-order valence-electron chi connectivity index (χ3n) is 2.81. The highest BCUT2D eigenvalue weighted by Gasteiger charge is 2.06. The molecule has 2 aromatic carbocycles.